The summed E-state index contributed by atoms with van der Waals surface area (Å²) in [5.41, 5.74) is 7.08. The van der Waals surface area contributed by atoms with Crippen molar-refractivity contribution < 1.29 is 4.79 Å². The quantitative estimate of drug-likeness (QED) is 0.930. The fourth-order valence-electron chi connectivity index (χ4n) is 3.11. The van der Waals surface area contributed by atoms with Crippen LogP contribution in [0.5, 0.6) is 0 Å². The Labute approximate surface area is 131 Å². The molecule has 0 spiro atoms. The van der Waals surface area contributed by atoms with Gasteiger partial charge in [0.25, 0.3) is 0 Å². The fraction of sp³-hybridized carbons (Fsp3) is 0.750. The minimum absolute atomic E-state index is 0.0912. The minimum Gasteiger partial charge on any atom is -0.338 e. The second-order valence-electron chi connectivity index (χ2n) is 6.16. The smallest absolute Gasteiger partial charge is 0.226 e. The zero-order valence-electron chi connectivity index (χ0n) is 13.6. The summed E-state index contributed by atoms with van der Waals surface area (Å²) < 4.78 is 0. The standard InChI is InChI=1S/C16H27N3OS/c1-5-14-18-10(2)15(21-14)11(3)19(4)16(20)12-7-6-8-13(17)9-12/h11-13H,5-9,17H2,1-4H3. The summed E-state index contributed by atoms with van der Waals surface area (Å²) in [7, 11) is 1.91. The Bertz CT molecular complexity index is 500. The lowest BCUT2D eigenvalue weighted by Gasteiger charge is -2.32. The Kier molecular flexibility index (Phi) is 5.38. The molecular formula is C16H27N3OS. The van der Waals surface area contributed by atoms with Gasteiger partial charge in [0.15, 0.2) is 0 Å². The minimum atomic E-state index is 0.0912. The molecule has 0 aromatic carbocycles. The van der Waals surface area contributed by atoms with Crippen molar-refractivity contribution in [2.45, 2.75) is 65.0 Å². The van der Waals surface area contributed by atoms with Gasteiger partial charge >= 0.3 is 0 Å². The molecule has 1 aromatic rings. The summed E-state index contributed by atoms with van der Waals surface area (Å²) in [5, 5.41) is 1.15. The maximum atomic E-state index is 12.7. The maximum absolute atomic E-state index is 12.7. The number of hydrogen-bond acceptors (Lipinski definition) is 4. The van der Waals surface area contributed by atoms with Crippen molar-refractivity contribution in [3.8, 4) is 0 Å². The summed E-state index contributed by atoms with van der Waals surface area (Å²) in [5.74, 6) is 0.337. The molecular weight excluding hydrogens is 282 g/mol. The molecule has 0 radical (unpaired) electrons. The Morgan fingerprint density at radius 2 is 2.24 bits per heavy atom. The molecule has 0 aliphatic heterocycles. The highest BCUT2D eigenvalue weighted by Gasteiger charge is 2.30. The molecule has 2 N–H and O–H groups in total. The lowest BCUT2D eigenvalue weighted by Crippen LogP contribution is -2.39. The Balaban J connectivity index is 2.08. The van der Waals surface area contributed by atoms with Crippen LogP contribution in [0.1, 0.15) is 61.2 Å². The monoisotopic (exact) mass is 309 g/mol. The van der Waals surface area contributed by atoms with E-state index >= 15 is 0 Å². The van der Waals surface area contributed by atoms with Crippen LogP contribution >= 0.6 is 11.3 Å². The van der Waals surface area contributed by atoms with Gasteiger partial charge in [-0.1, -0.05) is 13.3 Å². The van der Waals surface area contributed by atoms with Gasteiger partial charge in [-0.25, -0.2) is 4.98 Å². The molecule has 118 valence electrons. The lowest BCUT2D eigenvalue weighted by atomic mass is 9.85. The first-order chi connectivity index (χ1) is 9.93. The van der Waals surface area contributed by atoms with Crippen LogP contribution in [-0.4, -0.2) is 28.9 Å². The van der Waals surface area contributed by atoms with Gasteiger partial charge in [0, 0.05) is 23.9 Å². The van der Waals surface area contributed by atoms with Gasteiger partial charge in [-0.3, -0.25) is 4.79 Å². The van der Waals surface area contributed by atoms with Crippen LogP contribution < -0.4 is 5.73 Å². The first-order valence-corrected chi connectivity index (χ1v) is 8.74. The summed E-state index contributed by atoms with van der Waals surface area (Å²) in [4.78, 5) is 20.4. The van der Waals surface area contributed by atoms with Crippen LogP contribution in [0.15, 0.2) is 0 Å². The fourth-order valence-corrected chi connectivity index (χ4v) is 4.21. The van der Waals surface area contributed by atoms with E-state index < -0.39 is 0 Å². The molecule has 5 heteroatoms. The first-order valence-electron chi connectivity index (χ1n) is 7.92. The van der Waals surface area contributed by atoms with E-state index in [0.29, 0.717) is 0 Å². The van der Waals surface area contributed by atoms with Gasteiger partial charge in [0.2, 0.25) is 5.91 Å². The highest BCUT2D eigenvalue weighted by molar-refractivity contribution is 7.11. The number of nitrogens with two attached hydrogens (primary N) is 1. The van der Waals surface area contributed by atoms with Crippen LogP contribution in [0.25, 0.3) is 0 Å². The SMILES string of the molecule is CCc1nc(C)c(C(C)N(C)C(=O)C2CCCC(N)C2)s1. The van der Waals surface area contributed by atoms with Crippen LogP contribution in [0.3, 0.4) is 0 Å². The van der Waals surface area contributed by atoms with Gasteiger partial charge in [-0.2, -0.15) is 0 Å². The second-order valence-corrected chi connectivity index (χ2v) is 7.27. The molecule has 21 heavy (non-hydrogen) atoms. The first kappa shape index (κ1) is 16.4. The number of thiazole rings is 1. The molecule has 1 saturated carbocycles. The number of carbonyl (C=O) groups excluding carboxylic acids is 1. The van der Waals surface area contributed by atoms with Gasteiger partial charge in [0.05, 0.1) is 16.7 Å². The van der Waals surface area contributed by atoms with E-state index in [1.807, 2.05) is 18.9 Å². The van der Waals surface area contributed by atoms with Gasteiger partial charge in [-0.05, 0) is 39.5 Å². The molecule has 1 amide bonds. The number of aryl methyl sites for hydroxylation is 2. The third-order valence-corrected chi connectivity index (χ3v) is 6.02. The van der Waals surface area contributed by atoms with Crippen LogP contribution in [0.2, 0.25) is 0 Å². The zero-order valence-corrected chi connectivity index (χ0v) is 14.4. The molecule has 1 aromatic heterocycles. The number of aromatic nitrogens is 1. The zero-order chi connectivity index (χ0) is 15.6. The molecule has 1 aliphatic rings. The normalized spacial score (nSPS) is 23.9. The van der Waals surface area contributed by atoms with Gasteiger partial charge in [0.1, 0.15) is 0 Å². The summed E-state index contributed by atoms with van der Waals surface area (Å²) in [6.07, 6.45) is 4.88. The van der Waals surface area contributed by atoms with Crippen molar-refractivity contribution in [1.82, 2.24) is 9.88 Å². The Morgan fingerprint density at radius 1 is 1.52 bits per heavy atom. The molecule has 4 nitrogen and oxygen atoms in total. The van der Waals surface area contributed by atoms with Crippen molar-refractivity contribution >= 4 is 17.2 Å². The molecule has 3 unspecified atom stereocenters. The highest BCUT2D eigenvalue weighted by atomic mass is 32.1. The van der Waals surface area contributed by atoms with Gasteiger partial charge in [-0.15, -0.1) is 11.3 Å². The molecule has 1 fully saturated rings. The molecule has 1 heterocycles. The summed E-state index contributed by atoms with van der Waals surface area (Å²) in [6, 6.07) is 0.279. The average Bonchev–Trinajstić information content (AvgIpc) is 2.86. The number of rotatable bonds is 4. The van der Waals surface area contributed by atoms with Crippen LogP contribution in [-0.2, 0) is 11.2 Å². The third kappa shape index (κ3) is 3.64. The second kappa shape index (κ2) is 6.88. The van der Waals surface area contributed by atoms with E-state index in [1.165, 1.54) is 4.88 Å². The van der Waals surface area contributed by atoms with E-state index in [1.54, 1.807) is 11.3 Å². The summed E-state index contributed by atoms with van der Waals surface area (Å²) in [6.45, 7) is 6.25. The van der Waals surface area contributed by atoms with Gasteiger partial charge < -0.3 is 10.6 Å². The number of carbonyl (C=O) groups is 1. The third-order valence-electron chi connectivity index (χ3n) is 4.55. The topological polar surface area (TPSA) is 59.2 Å². The van der Waals surface area contributed by atoms with Crippen LogP contribution in [0, 0.1) is 12.8 Å². The lowest BCUT2D eigenvalue weighted by molar-refractivity contribution is -0.137. The van der Waals surface area contributed by atoms with Crippen molar-refractivity contribution in [2.75, 3.05) is 7.05 Å². The maximum Gasteiger partial charge on any atom is 0.226 e. The Hall–Kier alpha value is -0.940. The number of nitrogens with zero attached hydrogens (tertiary/aromatic N) is 2. The molecule has 2 rings (SSSR count). The van der Waals surface area contributed by atoms with Crippen molar-refractivity contribution in [3.63, 3.8) is 0 Å². The number of hydrogen-bond donors (Lipinski definition) is 1. The predicted molar refractivity (Wildman–Crippen MR) is 87.3 cm³/mol. The molecule has 0 saturated heterocycles. The van der Waals surface area contributed by atoms with E-state index in [2.05, 4.69) is 18.8 Å². The van der Waals surface area contributed by atoms with E-state index in [-0.39, 0.29) is 23.9 Å². The average molecular weight is 309 g/mol. The highest BCUT2D eigenvalue weighted by Crippen LogP contribution is 2.32. The number of amides is 1. The molecule has 1 aliphatic carbocycles. The summed E-state index contributed by atoms with van der Waals surface area (Å²) >= 11 is 1.73. The predicted octanol–water partition coefficient (Wildman–Crippen LogP) is 3.05. The van der Waals surface area contributed by atoms with E-state index in [4.69, 9.17) is 5.73 Å². The molecule has 0 bridgehead atoms. The Morgan fingerprint density at radius 3 is 2.81 bits per heavy atom. The van der Waals surface area contributed by atoms with Crippen LogP contribution in [0.4, 0.5) is 0 Å². The van der Waals surface area contributed by atoms with Crippen molar-refractivity contribution in [2.24, 2.45) is 11.7 Å². The van der Waals surface area contributed by atoms with Crippen molar-refractivity contribution in [3.05, 3.63) is 15.6 Å². The largest absolute Gasteiger partial charge is 0.338 e. The molecule has 3 atom stereocenters. The van der Waals surface area contributed by atoms with E-state index in [0.717, 1.165) is 42.8 Å². The van der Waals surface area contributed by atoms with E-state index in [9.17, 15) is 4.79 Å². The van der Waals surface area contributed by atoms with Crippen molar-refractivity contribution in [1.29, 1.82) is 0 Å².